The first-order chi connectivity index (χ1) is 9.92. The third-order valence-corrected chi connectivity index (χ3v) is 3.83. The van der Waals surface area contributed by atoms with E-state index in [-0.39, 0.29) is 18.1 Å². The van der Waals surface area contributed by atoms with Crippen LogP contribution in [-0.4, -0.2) is 29.7 Å². The van der Waals surface area contributed by atoms with Crippen molar-refractivity contribution >= 4 is 6.09 Å². The van der Waals surface area contributed by atoms with E-state index in [1.165, 1.54) is 0 Å². The summed E-state index contributed by atoms with van der Waals surface area (Å²) >= 11 is 0. The Bertz CT molecular complexity index is 467. The van der Waals surface area contributed by atoms with Gasteiger partial charge in [-0.1, -0.05) is 30.3 Å². The number of hydrogen-bond acceptors (Lipinski definition) is 3. The Morgan fingerprint density at radius 2 is 2.00 bits per heavy atom. The van der Waals surface area contributed by atoms with Gasteiger partial charge in [0, 0.05) is 6.54 Å². The summed E-state index contributed by atoms with van der Waals surface area (Å²) < 4.78 is 5.57. The van der Waals surface area contributed by atoms with Crippen LogP contribution in [0.15, 0.2) is 30.3 Å². The Morgan fingerprint density at radius 3 is 2.57 bits per heavy atom. The number of nitrogens with zero attached hydrogens (tertiary/aromatic N) is 1. The van der Waals surface area contributed by atoms with E-state index in [9.17, 15) is 4.79 Å². The number of piperidine rings is 1. The van der Waals surface area contributed by atoms with Gasteiger partial charge in [-0.05, 0) is 51.6 Å². The second kappa shape index (κ2) is 6.48. The van der Waals surface area contributed by atoms with Gasteiger partial charge in [0.2, 0.25) is 0 Å². The summed E-state index contributed by atoms with van der Waals surface area (Å²) in [4.78, 5) is 14.4. The molecule has 2 atom stereocenters. The largest absolute Gasteiger partial charge is 0.444 e. The molecule has 1 saturated heterocycles. The van der Waals surface area contributed by atoms with Crippen LogP contribution in [0.3, 0.4) is 0 Å². The zero-order valence-electron chi connectivity index (χ0n) is 13.2. The van der Waals surface area contributed by atoms with Crippen LogP contribution in [0.5, 0.6) is 0 Å². The van der Waals surface area contributed by atoms with E-state index >= 15 is 0 Å². The molecule has 2 unspecified atom stereocenters. The number of ether oxygens (including phenoxy) is 1. The minimum atomic E-state index is -0.478. The van der Waals surface area contributed by atoms with Gasteiger partial charge < -0.3 is 15.4 Å². The molecule has 1 aliphatic rings. The van der Waals surface area contributed by atoms with Gasteiger partial charge in [0.1, 0.15) is 5.60 Å². The number of nitrogens with two attached hydrogens (primary N) is 1. The van der Waals surface area contributed by atoms with E-state index in [0.717, 1.165) is 24.9 Å². The lowest BCUT2D eigenvalue weighted by molar-refractivity contribution is 0.000283. The Hall–Kier alpha value is -1.55. The molecule has 116 valence electrons. The quantitative estimate of drug-likeness (QED) is 0.909. The van der Waals surface area contributed by atoms with Gasteiger partial charge >= 0.3 is 6.09 Å². The Balaban J connectivity index is 2.26. The van der Waals surface area contributed by atoms with E-state index in [4.69, 9.17) is 10.5 Å². The average molecular weight is 290 g/mol. The molecule has 4 heteroatoms. The molecule has 0 bridgehead atoms. The van der Waals surface area contributed by atoms with Crippen molar-refractivity contribution in [3.63, 3.8) is 0 Å². The smallest absolute Gasteiger partial charge is 0.410 e. The van der Waals surface area contributed by atoms with Crippen molar-refractivity contribution in [1.82, 2.24) is 4.90 Å². The van der Waals surface area contributed by atoms with Crippen molar-refractivity contribution in [1.29, 1.82) is 0 Å². The molecule has 0 saturated carbocycles. The second-order valence-electron chi connectivity index (χ2n) is 6.67. The molecule has 0 radical (unpaired) electrons. The Morgan fingerprint density at radius 1 is 1.33 bits per heavy atom. The van der Waals surface area contributed by atoms with Crippen LogP contribution < -0.4 is 5.73 Å². The van der Waals surface area contributed by atoms with E-state index < -0.39 is 5.60 Å². The number of amides is 1. The number of hydrogen-bond donors (Lipinski definition) is 1. The third-order valence-electron chi connectivity index (χ3n) is 3.83. The van der Waals surface area contributed by atoms with Gasteiger partial charge in [-0.25, -0.2) is 4.79 Å². The van der Waals surface area contributed by atoms with Crippen LogP contribution in [-0.2, 0) is 4.74 Å². The maximum absolute atomic E-state index is 12.5. The van der Waals surface area contributed by atoms with Crippen LogP contribution in [0.25, 0.3) is 0 Å². The van der Waals surface area contributed by atoms with Crippen LogP contribution in [0.4, 0.5) is 4.79 Å². The van der Waals surface area contributed by atoms with E-state index in [0.29, 0.717) is 6.54 Å². The highest BCUT2D eigenvalue weighted by molar-refractivity contribution is 5.69. The first-order valence-electron chi connectivity index (χ1n) is 7.67. The summed E-state index contributed by atoms with van der Waals surface area (Å²) in [5.74, 6) is 0.286. The van der Waals surface area contributed by atoms with Gasteiger partial charge in [0.05, 0.1) is 6.04 Å². The van der Waals surface area contributed by atoms with Crippen molar-refractivity contribution in [3.05, 3.63) is 35.9 Å². The molecule has 1 aromatic rings. The second-order valence-corrected chi connectivity index (χ2v) is 6.67. The summed E-state index contributed by atoms with van der Waals surface area (Å²) in [7, 11) is 0. The van der Waals surface area contributed by atoms with Crippen LogP contribution in [0, 0.1) is 5.92 Å². The van der Waals surface area contributed by atoms with Gasteiger partial charge in [-0.3, -0.25) is 0 Å². The van der Waals surface area contributed by atoms with E-state index in [1.807, 2.05) is 43.9 Å². The third kappa shape index (κ3) is 3.97. The fraction of sp³-hybridized carbons (Fsp3) is 0.588. The first-order valence-corrected chi connectivity index (χ1v) is 7.67. The van der Waals surface area contributed by atoms with Gasteiger partial charge in [-0.15, -0.1) is 0 Å². The molecule has 1 aromatic carbocycles. The molecule has 21 heavy (non-hydrogen) atoms. The van der Waals surface area contributed by atoms with Crippen LogP contribution in [0.2, 0.25) is 0 Å². The fourth-order valence-electron chi connectivity index (χ4n) is 2.95. The summed E-state index contributed by atoms with van der Waals surface area (Å²) in [6.45, 7) is 7.00. The fourth-order valence-corrected chi connectivity index (χ4v) is 2.95. The molecular formula is C17H26N2O2. The van der Waals surface area contributed by atoms with Crippen molar-refractivity contribution in [2.75, 3.05) is 13.1 Å². The normalized spacial score (nSPS) is 23.0. The first kappa shape index (κ1) is 15.8. The standard InChI is InChI=1S/C17H26N2O2/c1-17(2,3)21-16(20)19-11-7-10-14(12-18)15(19)13-8-5-4-6-9-13/h4-6,8-9,14-15H,7,10-12,18H2,1-3H3. The lowest BCUT2D eigenvalue weighted by atomic mass is 9.85. The van der Waals surface area contributed by atoms with Crippen LogP contribution in [0.1, 0.15) is 45.2 Å². The van der Waals surface area contributed by atoms with Gasteiger partial charge in [0.25, 0.3) is 0 Å². The zero-order chi connectivity index (χ0) is 15.5. The van der Waals surface area contributed by atoms with E-state index in [2.05, 4.69) is 12.1 Å². The zero-order valence-corrected chi connectivity index (χ0v) is 13.2. The minimum Gasteiger partial charge on any atom is -0.444 e. The molecular weight excluding hydrogens is 264 g/mol. The Labute approximate surface area is 127 Å². The molecule has 0 aliphatic carbocycles. The predicted octanol–water partition coefficient (Wildman–Crippen LogP) is 3.33. The van der Waals surface area contributed by atoms with Crippen molar-refractivity contribution in [3.8, 4) is 0 Å². The molecule has 1 heterocycles. The highest BCUT2D eigenvalue weighted by Gasteiger charge is 2.36. The number of carbonyl (C=O) groups is 1. The lowest BCUT2D eigenvalue weighted by Crippen LogP contribution is -2.46. The molecule has 2 N–H and O–H groups in total. The Kier molecular flexibility index (Phi) is 4.88. The number of benzene rings is 1. The molecule has 0 spiro atoms. The lowest BCUT2D eigenvalue weighted by Gasteiger charge is -2.41. The monoisotopic (exact) mass is 290 g/mol. The molecule has 4 nitrogen and oxygen atoms in total. The van der Waals surface area contributed by atoms with Crippen molar-refractivity contribution < 1.29 is 9.53 Å². The molecule has 1 amide bonds. The summed E-state index contributed by atoms with van der Waals surface area (Å²) in [6, 6.07) is 10.1. The predicted molar refractivity (Wildman–Crippen MR) is 83.9 cm³/mol. The SMILES string of the molecule is CC(C)(C)OC(=O)N1CCCC(CN)C1c1ccccc1. The highest BCUT2D eigenvalue weighted by Crippen LogP contribution is 2.36. The average Bonchev–Trinajstić information content (AvgIpc) is 2.45. The van der Waals surface area contributed by atoms with Crippen LogP contribution >= 0.6 is 0 Å². The summed E-state index contributed by atoms with van der Waals surface area (Å²) in [6.07, 6.45) is 1.79. The van der Waals surface area contributed by atoms with Gasteiger partial charge in [0.15, 0.2) is 0 Å². The minimum absolute atomic E-state index is 0.0137. The topological polar surface area (TPSA) is 55.6 Å². The maximum atomic E-state index is 12.5. The van der Waals surface area contributed by atoms with Crippen molar-refractivity contribution in [2.45, 2.75) is 45.3 Å². The number of carbonyl (C=O) groups excluding carboxylic acids is 1. The molecule has 0 aromatic heterocycles. The maximum Gasteiger partial charge on any atom is 0.410 e. The molecule has 1 aliphatic heterocycles. The molecule has 1 fully saturated rings. The summed E-state index contributed by atoms with van der Waals surface area (Å²) in [5, 5.41) is 0. The number of rotatable bonds is 2. The van der Waals surface area contributed by atoms with E-state index in [1.54, 1.807) is 0 Å². The molecule has 2 rings (SSSR count). The highest BCUT2D eigenvalue weighted by atomic mass is 16.6. The van der Waals surface area contributed by atoms with Gasteiger partial charge in [-0.2, -0.15) is 0 Å². The van der Waals surface area contributed by atoms with Crippen molar-refractivity contribution in [2.24, 2.45) is 11.7 Å². The number of likely N-dealkylation sites (tertiary alicyclic amines) is 1. The summed E-state index contributed by atoms with van der Waals surface area (Å²) in [5.41, 5.74) is 6.60.